The summed E-state index contributed by atoms with van der Waals surface area (Å²) in [7, 11) is 2.01. The van der Waals surface area contributed by atoms with E-state index < -0.39 is 0 Å². The third-order valence-electron chi connectivity index (χ3n) is 6.74. The van der Waals surface area contributed by atoms with Crippen molar-refractivity contribution in [2.24, 2.45) is 7.05 Å². The number of fused-ring (bicyclic) bond motifs is 3. The van der Waals surface area contributed by atoms with Crippen molar-refractivity contribution >= 4 is 22.8 Å². The van der Waals surface area contributed by atoms with Gasteiger partial charge < -0.3 is 14.0 Å². The van der Waals surface area contributed by atoms with Crippen LogP contribution in [-0.2, 0) is 20.1 Å². The fourth-order valence-electron chi connectivity index (χ4n) is 4.98. The first-order valence-electron chi connectivity index (χ1n) is 11.5. The Labute approximate surface area is 198 Å². The van der Waals surface area contributed by atoms with Crippen LogP contribution in [0.2, 0.25) is 0 Å². The van der Waals surface area contributed by atoms with Crippen molar-refractivity contribution < 1.29 is 14.3 Å². The molecule has 3 heterocycles. The minimum absolute atomic E-state index is 0.0792. The molecule has 0 atom stereocenters. The van der Waals surface area contributed by atoms with E-state index in [1.54, 1.807) is 0 Å². The van der Waals surface area contributed by atoms with Gasteiger partial charge >= 0.3 is 0 Å². The van der Waals surface area contributed by atoms with Gasteiger partial charge in [-0.05, 0) is 37.6 Å². The highest BCUT2D eigenvalue weighted by Crippen LogP contribution is 2.43. The first-order valence-corrected chi connectivity index (χ1v) is 11.5. The van der Waals surface area contributed by atoms with Crippen LogP contribution in [0, 0.1) is 13.8 Å². The fourth-order valence-corrected chi connectivity index (χ4v) is 4.98. The summed E-state index contributed by atoms with van der Waals surface area (Å²) < 4.78 is 14.3. The number of para-hydroxylation sites is 1. The Morgan fingerprint density at radius 2 is 1.82 bits per heavy atom. The van der Waals surface area contributed by atoms with E-state index in [9.17, 15) is 4.79 Å². The zero-order valence-corrected chi connectivity index (χ0v) is 19.6. The third kappa shape index (κ3) is 3.40. The van der Waals surface area contributed by atoms with E-state index in [1.165, 1.54) is 11.1 Å². The van der Waals surface area contributed by atoms with Crippen molar-refractivity contribution in [1.82, 2.24) is 9.47 Å². The van der Waals surface area contributed by atoms with E-state index in [2.05, 4.69) is 52.8 Å². The monoisotopic (exact) mass is 450 g/mol. The van der Waals surface area contributed by atoms with Crippen molar-refractivity contribution in [3.63, 3.8) is 0 Å². The minimum Gasteiger partial charge on any atom is -0.477 e. The first-order chi connectivity index (χ1) is 16.5. The Morgan fingerprint density at radius 1 is 1.03 bits per heavy atom. The Hall–Kier alpha value is -3.83. The van der Waals surface area contributed by atoms with Crippen molar-refractivity contribution in [1.29, 1.82) is 0 Å². The summed E-state index contributed by atoms with van der Waals surface area (Å²) in [6.45, 7) is 6.10. The number of ketones is 1. The lowest BCUT2D eigenvalue weighted by molar-refractivity contribution is 0.0876. The molecular formula is C29H26N2O3. The van der Waals surface area contributed by atoms with Crippen LogP contribution in [0.3, 0.4) is 0 Å². The molecule has 2 aliphatic heterocycles. The van der Waals surface area contributed by atoms with E-state index in [0.29, 0.717) is 23.8 Å². The molecule has 0 spiro atoms. The number of aryl methyl sites for hydroxylation is 2. The molecule has 3 aromatic carbocycles. The third-order valence-corrected chi connectivity index (χ3v) is 6.74. The molecule has 0 unspecified atom stereocenters. The normalized spacial score (nSPS) is 16.4. The van der Waals surface area contributed by atoms with E-state index in [4.69, 9.17) is 9.47 Å². The van der Waals surface area contributed by atoms with E-state index in [-0.39, 0.29) is 5.78 Å². The highest BCUT2D eigenvalue weighted by atomic mass is 16.5. The SMILES string of the molecule is Cc1ccc(CN2COc3c(cc4c(c3C)O/C(=C\c3cn(C)c5ccccc35)C4=O)C2)cc1. The number of ether oxygens (including phenoxy) is 2. The standard InChI is InChI=1S/C29H26N2O3/c1-18-8-10-20(11-9-18)14-31-16-22-12-24-27(32)26(34-29(24)19(2)28(22)33-17-31)13-21-15-30(3)25-7-5-4-6-23(21)25/h4-13,15H,14,16-17H2,1-3H3/b26-13-. The quantitative estimate of drug-likeness (QED) is 0.372. The number of hydrogen-bond acceptors (Lipinski definition) is 4. The molecule has 0 saturated carbocycles. The zero-order chi connectivity index (χ0) is 23.4. The molecule has 0 bridgehead atoms. The van der Waals surface area contributed by atoms with Crippen LogP contribution in [0.1, 0.15) is 38.2 Å². The second-order valence-corrected chi connectivity index (χ2v) is 9.26. The van der Waals surface area contributed by atoms with Gasteiger partial charge in [0, 0.05) is 53.9 Å². The maximum atomic E-state index is 13.3. The molecule has 34 heavy (non-hydrogen) atoms. The smallest absolute Gasteiger partial charge is 0.231 e. The molecule has 6 rings (SSSR count). The summed E-state index contributed by atoms with van der Waals surface area (Å²) in [4.78, 5) is 15.6. The van der Waals surface area contributed by atoms with Gasteiger partial charge in [0.1, 0.15) is 18.2 Å². The van der Waals surface area contributed by atoms with Crippen molar-refractivity contribution in [2.45, 2.75) is 26.9 Å². The Bertz CT molecular complexity index is 1480. The molecule has 0 N–H and O–H groups in total. The lowest BCUT2D eigenvalue weighted by Crippen LogP contribution is -2.32. The number of rotatable bonds is 3. The highest BCUT2D eigenvalue weighted by Gasteiger charge is 2.33. The number of aromatic nitrogens is 1. The second kappa shape index (κ2) is 7.89. The number of nitrogens with zero attached hydrogens (tertiary/aromatic N) is 2. The molecular weight excluding hydrogens is 424 g/mol. The zero-order valence-electron chi connectivity index (χ0n) is 19.6. The molecule has 1 aromatic heterocycles. The van der Waals surface area contributed by atoms with Crippen LogP contribution in [0.15, 0.2) is 66.6 Å². The molecule has 5 heteroatoms. The lowest BCUT2D eigenvalue weighted by Gasteiger charge is -2.30. The fraction of sp³-hybridized carbons (Fsp3) is 0.207. The van der Waals surface area contributed by atoms with Crippen LogP contribution in [-0.4, -0.2) is 22.0 Å². The average molecular weight is 451 g/mol. The number of hydrogen-bond donors (Lipinski definition) is 0. The molecule has 0 aliphatic carbocycles. The van der Waals surface area contributed by atoms with Gasteiger partial charge in [0.05, 0.1) is 5.56 Å². The van der Waals surface area contributed by atoms with Gasteiger partial charge in [-0.3, -0.25) is 9.69 Å². The molecule has 0 amide bonds. The van der Waals surface area contributed by atoms with Gasteiger partial charge in [0.2, 0.25) is 5.78 Å². The minimum atomic E-state index is -0.0792. The van der Waals surface area contributed by atoms with Gasteiger partial charge in [0.15, 0.2) is 5.76 Å². The predicted molar refractivity (Wildman–Crippen MR) is 133 cm³/mol. The van der Waals surface area contributed by atoms with Crippen LogP contribution in [0.5, 0.6) is 11.5 Å². The van der Waals surface area contributed by atoms with Crippen LogP contribution < -0.4 is 9.47 Å². The van der Waals surface area contributed by atoms with Crippen molar-refractivity contribution in [3.05, 3.63) is 99.9 Å². The van der Waals surface area contributed by atoms with E-state index in [1.807, 2.05) is 44.4 Å². The maximum absolute atomic E-state index is 13.3. The number of Topliss-reactive ketones (excluding diaryl/α,β-unsaturated/α-hetero) is 1. The van der Waals surface area contributed by atoms with E-state index >= 15 is 0 Å². The Kier molecular flexibility index (Phi) is 4.82. The molecule has 4 aromatic rings. The summed E-state index contributed by atoms with van der Waals surface area (Å²) in [5.41, 5.74) is 7.11. The summed E-state index contributed by atoms with van der Waals surface area (Å²) in [5, 5.41) is 1.09. The molecule has 0 radical (unpaired) electrons. The Morgan fingerprint density at radius 3 is 2.65 bits per heavy atom. The van der Waals surface area contributed by atoms with Gasteiger partial charge in [-0.2, -0.15) is 0 Å². The van der Waals surface area contributed by atoms with Crippen molar-refractivity contribution in [2.75, 3.05) is 6.73 Å². The van der Waals surface area contributed by atoms with Crippen LogP contribution >= 0.6 is 0 Å². The lowest BCUT2D eigenvalue weighted by atomic mass is 9.99. The molecule has 2 aliphatic rings. The highest BCUT2D eigenvalue weighted by molar-refractivity contribution is 6.15. The summed E-state index contributed by atoms with van der Waals surface area (Å²) in [6.07, 6.45) is 3.88. The van der Waals surface area contributed by atoms with Gasteiger partial charge in [0.25, 0.3) is 0 Å². The number of allylic oxidation sites excluding steroid dienone is 1. The number of carbonyl (C=O) groups excluding carboxylic acids is 1. The number of benzene rings is 3. The summed E-state index contributed by atoms with van der Waals surface area (Å²) in [6, 6.07) is 18.7. The largest absolute Gasteiger partial charge is 0.477 e. The Balaban J connectivity index is 1.31. The topological polar surface area (TPSA) is 43.7 Å². The summed E-state index contributed by atoms with van der Waals surface area (Å²) >= 11 is 0. The van der Waals surface area contributed by atoms with Gasteiger partial charge in [-0.25, -0.2) is 0 Å². The summed E-state index contributed by atoms with van der Waals surface area (Å²) in [5.74, 6) is 1.72. The van der Waals surface area contributed by atoms with Crippen molar-refractivity contribution in [3.8, 4) is 11.5 Å². The van der Waals surface area contributed by atoms with Crippen LogP contribution in [0.4, 0.5) is 0 Å². The molecule has 0 saturated heterocycles. The number of carbonyl (C=O) groups is 1. The maximum Gasteiger partial charge on any atom is 0.231 e. The first kappa shape index (κ1) is 20.8. The molecule has 170 valence electrons. The van der Waals surface area contributed by atoms with E-state index in [0.717, 1.165) is 46.4 Å². The van der Waals surface area contributed by atoms with Gasteiger partial charge in [-0.1, -0.05) is 48.0 Å². The van der Waals surface area contributed by atoms with Crippen LogP contribution in [0.25, 0.3) is 17.0 Å². The molecule has 0 fully saturated rings. The van der Waals surface area contributed by atoms with Gasteiger partial charge in [-0.15, -0.1) is 0 Å². The molecule has 5 nitrogen and oxygen atoms in total. The second-order valence-electron chi connectivity index (χ2n) is 9.26. The predicted octanol–water partition coefficient (Wildman–Crippen LogP) is 5.76. The average Bonchev–Trinajstić information content (AvgIpc) is 3.33.